The zero-order chi connectivity index (χ0) is 17.8. The zero-order valence-electron chi connectivity index (χ0n) is 14.2. The fraction of sp³-hybridized carbons (Fsp3) is 0.438. The van der Waals surface area contributed by atoms with E-state index in [1.165, 1.54) is 0 Å². The van der Waals surface area contributed by atoms with Crippen molar-refractivity contribution in [2.45, 2.75) is 0 Å². The van der Waals surface area contributed by atoms with Crippen LogP contribution in [0.15, 0.2) is 18.5 Å². The monoisotopic (exact) mass is 365 g/mol. The van der Waals surface area contributed by atoms with E-state index in [4.69, 9.17) is 21.3 Å². The van der Waals surface area contributed by atoms with Gasteiger partial charge in [0.2, 0.25) is 5.91 Å². The molecule has 0 radical (unpaired) electrons. The third-order valence-electron chi connectivity index (χ3n) is 4.27. The summed E-state index contributed by atoms with van der Waals surface area (Å²) in [6, 6.07) is 3.73. The third-order valence-corrected chi connectivity index (χ3v) is 4.40. The molecule has 1 aliphatic rings. The van der Waals surface area contributed by atoms with Crippen LogP contribution in [0.3, 0.4) is 0 Å². The van der Waals surface area contributed by atoms with Gasteiger partial charge in [0.05, 0.1) is 26.3 Å². The minimum absolute atomic E-state index is 0.00592. The van der Waals surface area contributed by atoms with Gasteiger partial charge in [-0.2, -0.15) is 0 Å². The summed E-state index contributed by atoms with van der Waals surface area (Å²) in [6.07, 6.45) is 1.54. The van der Waals surface area contributed by atoms with Crippen LogP contribution in [0.5, 0.6) is 11.5 Å². The van der Waals surface area contributed by atoms with Crippen molar-refractivity contribution in [3.63, 3.8) is 0 Å². The highest BCUT2D eigenvalue weighted by Crippen LogP contribution is 2.34. The molecule has 8 nitrogen and oxygen atoms in total. The number of nitrogens with one attached hydrogen (secondary N) is 1. The number of nitrogens with zero attached hydrogens (tertiary/aromatic N) is 4. The van der Waals surface area contributed by atoms with Gasteiger partial charge < -0.3 is 19.3 Å². The average molecular weight is 366 g/mol. The summed E-state index contributed by atoms with van der Waals surface area (Å²) in [7, 11) is 3.19. The van der Waals surface area contributed by atoms with E-state index < -0.39 is 0 Å². The maximum atomic E-state index is 11.9. The fourth-order valence-corrected chi connectivity index (χ4v) is 3.07. The SMILES string of the molecule is COc1cc2ncnc(N3CCN(C(=O)CNCl)CC3)c2cc1OC. The number of hydrogen-bond donors (Lipinski definition) is 1. The molecule has 2 aromatic rings. The van der Waals surface area contributed by atoms with Crippen LogP contribution in [0.4, 0.5) is 5.82 Å². The van der Waals surface area contributed by atoms with E-state index in [0.717, 1.165) is 16.7 Å². The van der Waals surface area contributed by atoms with Crippen LogP contribution < -0.4 is 19.2 Å². The van der Waals surface area contributed by atoms with Crippen LogP contribution in [-0.2, 0) is 4.79 Å². The van der Waals surface area contributed by atoms with E-state index in [2.05, 4.69) is 19.7 Å². The molecule has 0 atom stereocenters. The number of benzene rings is 1. The first-order valence-corrected chi connectivity index (χ1v) is 8.28. The van der Waals surface area contributed by atoms with Crippen molar-refractivity contribution < 1.29 is 14.3 Å². The molecule has 25 heavy (non-hydrogen) atoms. The molecule has 2 heterocycles. The molecule has 1 amide bonds. The van der Waals surface area contributed by atoms with Gasteiger partial charge >= 0.3 is 0 Å². The van der Waals surface area contributed by atoms with Crippen LogP contribution in [-0.4, -0.2) is 67.7 Å². The second-order valence-electron chi connectivity index (χ2n) is 5.60. The molecule has 1 aromatic heterocycles. The second-order valence-corrected chi connectivity index (χ2v) is 5.87. The Balaban J connectivity index is 1.86. The van der Waals surface area contributed by atoms with Crippen molar-refractivity contribution in [2.75, 3.05) is 51.8 Å². The first-order valence-electron chi connectivity index (χ1n) is 7.91. The van der Waals surface area contributed by atoms with Gasteiger partial charge in [-0.25, -0.2) is 14.8 Å². The summed E-state index contributed by atoms with van der Waals surface area (Å²) in [4.78, 5) is 27.0. The van der Waals surface area contributed by atoms with E-state index >= 15 is 0 Å². The molecular formula is C16H20ClN5O3. The van der Waals surface area contributed by atoms with Gasteiger partial charge in [0.15, 0.2) is 11.5 Å². The maximum absolute atomic E-state index is 11.9. The van der Waals surface area contributed by atoms with Gasteiger partial charge in [0.25, 0.3) is 0 Å². The van der Waals surface area contributed by atoms with Crippen molar-refractivity contribution in [3.8, 4) is 11.5 Å². The Morgan fingerprint density at radius 2 is 1.84 bits per heavy atom. The van der Waals surface area contributed by atoms with Crippen molar-refractivity contribution in [1.82, 2.24) is 19.7 Å². The predicted octanol–water partition coefficient (Wildman–Crippen LogP) is 1.04. The van der Waals surface area contributed by atoms with Crippen molar-refractivity contribution in [2.24, 2.45) is 0 Å². The molecule has 134 valence electrons. The number of piperazine rings is 1. The second kappa shape index (κ2) is 7.71. The number of halogens is 1. The number of hydrogen-bond acceptors (Lipinski definition) is 7. The maximum Gasteiger partial charge on any atom is 0.237 e. The summed E-state index contributed by atoms with van der Waals surface area (Å²) in [6.45, 7) is 2.75. The summed E-state index contributed by atoms with van der Waals surface area (Å²) in [5.74, 6) is 2.08. The Morgan fingerprint density at radius 3 is 2.48 bits per heavy atom. The first-order chi connectivity index (χ1) is 12.2. The van der Waals surface area contributed by atoms with Gasteiger partial charge in [0, 0.05) is 37.6 Å². The highest BCUT2D eigenvalue weighted by molar-refractivity contribution is 6.14. The van der Waals surface area contributed by atoms with E-state index in [-0.39, 0.29) is 12.5 Å². The van der Waals surface area contributed by atoms with Gasteiger partial charge in [-0.3, -0.25) is 4.79 Å². The Kier molecular flexibility index (Phi) is 5.40. The van der Waals surface area contributed by atoms with Gasteiger partial charge in [-0.15, -0.1) is 0 Å². The topological polar surface area (TPSA) is 79.8 Å². The Bertz CT molecular complexity index is 765. The lowest BCUT2D eigenvalue weighted by Gasteiger charge is -2.35. The van der Waals surface area contributed by atoms with Crippen LogP contribution >= 0.6 is 11.8 Å². The molecule has 3 rings (SSSR count). The summed E-state index contributed by atoms with van der Waals surface area (Å²) in [5.41, 5.74) is 0.785. The molecule has 0 saturated carbocycles. The van der Waals surface area contributed by atoms with Gasteiger partial charge in [0.1, 0.15) is 12.1 Å². The minimum atomic E-state index is -0.00592. The number of fused-ring (bicyclic) bond motifs is 1. The summed E-state index contributed by atoms with van der Waals surface area (Å²) in [5, 5.41) is 0.891. The number of amides is 1. The number of methoxy groups -OCH3 is 2. The largest absolute Gasteiger partial charge is 0.493 e. The number of aromatic nitrogens is 2. The van der Waals surface area contributed by atoms with Crippen molar-refractivity contribution in [3.05, 3.63) is 18.5 Å². The molecule has 0 aliphatic carbocycles. The highest BCUT2D eigenvalue weighted by Gasteiger charge is 2.23. The Morgan fingerprint density at radius 1 is 1.16 bits per heavy atom. The zero-order valence-corrected chi connectivity index (χ0v) is 14.9. The summed E-state index contributed by atoms with van der Waals surface area (Å²) >= 11 is 5.41. The molecule has 1 aromatic carbocycles. The van der Waals surface area contributed by atoms with Crippen molar-refractivity contribution >= 4 is 34.4 Å². The lowest BCUT2D eigenvalue weighted by molar-refractivity contribution is -0.130. The first kappa shape index (κ1) is 17.5. The number of rotatable bonds is 5. The Hall–Kier alpha value is -2.32. The minimum Gasteiger partial charge on any atom is -0.493 e. The average Bonchev–Trinajstić information content (AvgIpc) is 2.66. The van der Waals surface area contributed by atoms with Crippen LogP contribution in [0.1, 0.15) is 0 Å². The third kappa shape index (κ3) is 3.54. The van der Waals surface area contributed by atoms with Gasteiger partial charge in [-0.05, 0) is 17.8 Å². The van der Waals surface area contributed by atoms with E-state index in [1.54, 1.807) is 25.4 Å². The number of carbonyl (C=O) groups excluding carboxylic acids is 1. The molecule has 0 bridgehead atoms. The lowest BCUT2D eigenvalue weighted by Crippen LogP contribution is -2.50. The quantitative estimate of drug-likeness (QED) is 0.793. The molecule has 1 N–H and O–H groups in total. The molecule has 1 aliphatic heterocycles. The molecule has 0 unspecified atom stereocenters. The highest BCUT2D eigenvalue weighted by atomic mass is 35.5. The number of ether oxygens (including phenoxy) is 2. The Labute approximate surface area is 150 Å². The van der Waals surface area contributed by atoms with Gasteiger partial charge in [-0.1, -0.05) is 0 Å². The van der Waals surface area contributed by atoms with E-state index in [1.807, 2.05) is 12.1 Å². The van der Waals surface area contributed by atoms with Crippen LogP contribution in [0.25, 0.3) is 10.9 Å². The molecule has 1 saturated heterocycles. The summed E-state index contributed by atoms with van der Waals surface area (Å²) < 4.78 is 10.7. The smallest absolute Gasteiger partial charge is 0.237 e. The molecule has 0 spiro atoms. The number of carbonyl (C=O) groups is 1. The van der Waals surface area contributed by atoms with E-state index in [0.29, 0.717) is 37.7 Å². The lowest BCUT2D eigenvalue weighted by atomic mass is 10.2. The molecule has 9 heteroatoms. The predicted molar refractivity (Wildman–Crippen MR) is 95.3 cm³/mol. The fourth-order valence-electron chi connectivity index (χ4n) is 2.96. The number of anilines is 1. The van der Waals surface area contributed by atoms with Crippen LogP contribution in [0, 0.1) is 0 Å². The molecule has 1 fully saturated rings. The standard InChI is InChI=1S/C16H20ClN5O3/c1-24-13-7-11-12(8-14(13)25-2)18-10-19-16(11)22-5-3-21(4-6-22)15(23)9-20-17/h7-8,10,20H,3-6,9H2,1-2H3. The van der Waals surface area contributed by atoms with Crippen molar-refractivity contribution in [1.29, 1.82) is 0 Å². The van der Waals surface area contributed by atoms with Crippen LogP contribution in [0.2, 0.25) is 0 Å². The molecular weight excluding hydrogens is 346 g/mol. The normalized spacial score (nSPS) is 14.7. The van der Waals surface area contributed by atoms with E-state index in [9.17, 15) is 4.79 Å².